The van der Waals surface area contributed by atoms with Gasteiger partial charge in [0.15, 0.2) is 0 Å². The second-order valence-corrected chi connectivity index (χ2v) is 5.88. The van der Waals surface area contributed by atoms with Crippen LogP contribution in [-0.4, -0.2) is 19.1 Å². The molecule has 0 unspecified atom stereocenters. The number of halogens is 1. The van der Waals surface area contributed by atoms with Gasteiger partial charge in [0.2, 0.25) is 0 Å². The van der Waals surface area contributed by atoms with Crippen molar-refractivity contribution in [2.45, 2.75) is 20.0 Å². The third kappa shape index (κ3) is 3.47. The molecular formula is C14H18ClN3S. The zero-order valence-electron chi connectivity index (χ0n) is 11.4. The summed E-state index contributed by atoms with van der Waals surface area (Å²) < 4.78 is 0. The van der Waals surface area contributed by atoms with E-state index in [2.05, 4.69) is 34.4 Å². The predicted octanol–water partition coefficient (Wildman–Crippen LogP) is 3.46. The van der Waals surface area contributed by atoms with E-state index < -0.39 is 0 Å². The second-order valence-electron chi connectivity index (χ2n) is 4.53. The third-order valence-corrected chi connectivity index (χ3v) is 4.25. The largest absolute Gasteiger partial charge is 0.368 e. The topological polar surface area (TPSA) is 28.2 Å². The first kappa shape index (κ1) is 14.3. The maximum absolute atomic E-state index is 6.36. The average Bonchev–Trinajstić information content (AvgIpc) is 2.75. The molecule has 19 heavy (non-hydrogen) atoms. The Kier molecular flexibility index (Phi) is 4.80. The number of hydrogen-bond donors (Lipinski definition) is 1. The number of aromatic nitrogens is 1. The van der Waals surface area contributed by atoms with Crippen molar-refractivity contribution in [1.82, 2.24) is 10.3 Å². The van der Waals surface area contributed by atoms with Crippen LogP contribution in [0.4, 0.5) is 5.69 Å². The third-order valence-electron chi connectivity index (χ3n) is 3.03. The highest BCUT2D eigenvalue weighted by Gasteiger charge is 2.10. The van der Waals surface area contributed by atoms with E-state index in [4.69, 9.17) is 11.6 Å². The van der Waals surface area contributed by atoms with E-state index >= 15 is 0 Å². The van der Waals surface area contributed by atoms with Crippen molar-refractivity contribution in [3.05, 3.63) is 44.9 Å². The summed E-state index contributed by atoms with van der Waals surface area (Å²) in [6.07, 6.45) is 0. The van der Waals surface area contributed by atoms with E-state index in [0.717, 1.165) is 29.5 Å². The van der Waals surface area contributed by atoms with Crippen LogP contribution in [0.3, 0.4) is 0 Å². The van der Waals surface area contributed by atoms with Gasteiger partial charge in [-0.1, -0.05) is 17.7 Å². The summed E-state index contributed by atoms with van der Waals surface area (Å²) in [7, 11) is 3.98. The van der Waals surface area contributed by atoms with Crippen molar-refractivity contribution < 1.29 is 0 Å². The fourth-order valence-electron chi connectivity index (χ4n) is 1.95. The molecular weight excluding hydrogens is 278 g/mol. The molecule has 0 saturated heterocycles. The molecule has 1 heterocycles. The lowest BCUT2D eigenvalue weighted by atomic mass is 10.2. The minimum Gasteiger partial charge on any atom is -0.368 e. The van der Waals surface area contributed by atoms with Gasteiger partial charge in [0.25, 0.3) is 0 Å². The van der Waals surface area contributed by atoms with Gasteiger partial charge in [0, 0.05) is 18.5 Å². The van der Waals surface area contributed by atoms with E-state index in [-0.39, 0.29) is 0 Å². The van der Waals surface area contributed by atoms with Gasteiger partial charge in [0.05, 0.1) is 28.5 Å². The van der Waals surface area contributed by atoms with Crippen molar-refractivity contribution in [3.8, 4) is 0 Å². The summed E-state index contributed by atoms with van der Waals surface area (Å²) in [4.78, 5) is 7.71. The number of nitrogens with one attached hydrogen (secondary N) is 1. The first-order chi connectivity index (χ1) is 9.11. The molecule has 0 aliphatic heterocycles. The predicted molar refractivity (Wildman–Crippen MR) is 83.2 cm³/mol. The van der Waals surface area contributed by atoms with Crippen LogP contribution in [0.15, 0.2) is 23.7 Å². The molecule has 3 nitrogen and oxygen atoms in total. The van der Waals surface area contributed by atoms with Crippen LogP contribution < -0.4 is 10.2 Å². The Hall–Kier alpha value is -1.10. The van der Waals surface area contributed by atoms with Crippen LogP contribution in [0.25, 0.3) is 0 Å². The number of nitrogens with zero attached hydrogens (tertiary/aromatic N) is 2. The minimum absolute atomic E-state index is 0.789. The Morgan fingerprint density at radius 2 is 2.21 bits per heavy atom. The van der Waals surface area contributed by atoms with E-state index in [0.29, 0.717) is 0 Å². The highest BCUT2D eigenvalue weighted by molar-refractivity contribution is 7.09. The van der Waals surface area contributed by atoms with Gasteiger partial charge >= 0.3 is 0 Å². The van der Waals surface area contributed by atoms with Crippen molar-refractivity contribution >= 4 is 28.6 Å². The summed E-state index contributed by atoms with van der Waals surface area (Å²) in [6, 6.07) is 6.20. The zero-order chi connectivity index (χ0) is 13.8. The number of thiazole rings is 1. The Bertz CT molecular complexity index is 553. The molecule has 0 fully saturated rings. The Morgan fingerprint density at radius 3 is 2.79 bits per heavy atom. The number of hydrogen-bond acceptors (Lipinski definition) is 4. The molecule has 0 bridgehead atoms. The zero-order valence-corrected chi connectivity index (χ0v) is 13.0. The number of aryl methyl sites for hydroxylation is 1. The number of benzene rings is 1. The Balaban J connectivity index is 2.15. The van der Waals surface area contributed by atoms with Gasteiger partial charge in [-0.3, -0.25) is 0 Å². The molecule has 0 radical (unpaired) electrons. The van der Waals surface area contributed by atoms with Gasteiger partial charge in [0.1, 0.15) is 0 Å². The number of rotatable bonds is 5. The van der Waals surface area contributed by atoms with Crippen molar-refractivity contribution in [1.29, 1.82) is 0 Å². The van der Waals surface area contributed by atoms with Crippen molar-refractivity contribution in [2.24, 2.45) is 0 Å². The molecule has 1 aromatic carbocycles. The summed E-state index contributed by atoms with van der Waals surface area (Å²) in [5.74, 6) is 0. The second kappa shape index (κ2) is 6.37. The Morgan fingerprint density at radius 1 is 1.42 bits per heavy atom. The van der Waals surface area contributed by atoms with Crippen LogP contribution in [-0.2, 0) is 13.1 Å². The van der Waals surface area contributed by atoms with Crippen LogP contribution in [0.5, 0.6) is 0 Å². The van der Waals surface area contributed by atoms with Crippen LogP contribution in [0.2, 0.25) is 5.02 Å². The van der Waals surface area contributed by atoms with Gasteiger partial charge in [-0.2, -0.15) is 0 Å². The maximum Gasteiger partial charge on any atom is 0.0798 e. The summed E-state index contributed by atoms with van der Waals surface area (Å²) in [5.41, 5.74) is 5.23. The molecule has 0 aliphatic carbocycles. The standard InChI is InChI=1S/C14H18ClN3S/c1-10-14(19-9-17-10)8-18(3)13-5-4-11(7-16-2)6-12(13)15/h4-6,9,16H,7-8H2,1-3H3. The summed E-state index contributed by atoms with van der Waals surface area (Å²) in [5, 5.41) is 3.91. The molecule has 2 rings (SSSR count). The molecule has 5 heteroatoms. The van der Waals surface area contributed by atoms with E-state index in [9.17, 15) is 0 Å². The molecule has 0 saturated carbocycles. The normalized spacial score (nSPS) is 10.7. The van der Waals surface area contributed by atoms with Crippen molar-refractivity contribution in [2.75, 3.05) is 19.0 Å². The van der Waals surface area contributed by atoms with Gasteiger partial charge in [-0.05, 0) is 31.7 Å². The SMILES string of the molecule is CNCc1ccc(N(C)Cc2scnc2C)c(Cl)c1. The quantitative estimate of drug-likeness (QED) is 0.915. The fourth-order valence-corrected chi connectivity index (χ4v) is 3.13. The van der Waals surface area contributed by atoms with Crippen LogP contribution >= 0.6 is 22.9 Å². The molecule has 0 amide bonds. The molecule has 102 valence electrons. The smallest absolute Gasteiger partial charge is 0.0798 e. The summed E-state index contributed by atoms with van der Waals surface area (Å²) in [6.45, 7) is 3.70. The van der Waals surface area contributed by atoms with E-state index in [1.54, 1.807) is 11.3 Å². The lowest BCUT2D eigenvalue weighted by Crippen LogP contribution is -2.17. The van der Waals surface area contributed by atoms with E-state index in [1.807, 2.05) is 25.5 Å². The fraction of sp³-hybridized carbons (Fsp3) is 0.357. The van der Waals surface area contributed by atoms with Crippen molar-refractivity contribution in [3.63, 3.8) is 0 Å². The van der Waals surface area contributed by atoms with Crippen LogP contribution in [0, 0.1) is 6.92 Å². The van der Waals surface area contributed by atoms with Gasteiger partial charge < -0.3 is 10.2 Å². The van der Waals surface area contributed by atoms with Gasteiger partial charge in [-0.15, -0.1) is 11.3 Å². The molecule has 0 spiro atoms. The Labute approximate surface area is 123 Å². The first-order valence-electron chi connectivity index (χ1n) is 6.15. The lowest BCUT2D eigenvalue weighted by Gasteiger charge is -2.20. The molecule has 0 aliphatic rings. The first-order valence-corrected chi connectivity index (χ1v) is 7.40. The molecule has 2 aromatic rings. The highest BCUT2D eigenvalue weighted by atomic mass is 35.5. The van der Waals surface area contributed by atoms with Gasteiger partial charge in [-0.25, -0.2) is 4.98 Å². The average molecular weight is 296 g/mol. The highest BCUT2D eigenvalue weighted by Crippen LogP contribution is 2.28. The molecule has 1 N–H and O–H groups in total. The van der Waals surface area contributed by atoms with E-state index in [1.165, 1.54) is 10.4 Å². The monoisotopic (exact) mass is 295 g/mol. The van der Waals surface area contributed by atoms with Crippen LogP contribution in [0.1, 0.15) is 16.1 Å². The lowest BCUT2D eigenvalue weighted by molar-refractivity contribution is 0.817. The number of anilines is 1. The summed E-state index contributed by atoms with van der Waals surface area (Å²) >= 11 is 8.04. The molecule has 1 aromatic heterocycles. The maximum atomic E-state index is 6.36. The minimum atomic E-state index is 0.789. The molecule has 0 atom stereocenters.